The van der Waals surface area contributed by atoms with Crippen molar-refractivity contribution < 1.29 is 9.90 Å². The van der Waals surface area contributed by atoms with Crippen molar-refractivity contribution in [3.8, 4) is 0 Å². The lowest BCUT2D eigenvalue weighted by Crippen LogP contribution is -2.16. The summed E-state index contributed by atoms with van der Waals surface area (Å²) in [5.74, 6) is -0.722. The maximum atomic E-state index is 10.1. The number of carboxylic acid groups (broad SMARTS) is 1. The third kappa shape index (κ3) is 9.65. The van der Waals surface area contributed by atoms with Crippen LogP contribution in [0.2, 0.25) is 0 Å². The van der Waals surface area contributed by atoms with Gasteiger partial charge in [-0.25, -0.2) is 0 Å². The standard InChI is InChI=1S/C8H14BrNO2/c1-7(9)6-10-5-3-2-4-8(11)12/h10H,1-6H2,(H,11,12). The van der Waals surface area contributed by atoms with Crippen molar-refractivity contribution in [3.63, 3.8) is 0 Å². The fourth-order valence-corrected chi connectivity index (χ4v) is 0.948. The topological polar surface area (TPSA) is 49.3 Å². The summed E-state index contributed by atoms with van der Waals surface area (Å²) in [7, 11) is 0. The molecule has 0 aromatic rings. The first-order chi connectivity index (χ1) is 5.63. The number of rotatable bonds is 7. The first-order valence-corrected chi connectivity index (χ1v) is 4.68. The van der Waals surface area contributed by atoms with Crippen LogP contribution in [0.5, 0.6) is 0 Å². The van der Waals surface area contributed by atoms with Gasteiger partial charge in [0, 0.05) is 17.4 Å². The van der Waals surface area contributed by atoms with Crippen LogP contribution in [-0.4, -0.2) is 24.2 Å². The van der Waals surface area contributed by atoms with Crippen LogP contribution in [-0.2, 0) is 4.79 Å². The Bertz CT molecular complexity index is 141. The molecule has 0 aromatic carbocycles. The second-order valence-electron chi connectivity index (χ2n) is 2.54. The number of halogens is 1. The van der Waals surface area contributed by atoms with Gasteiger partial charge in [-0.15, -0.1) is 0 Å². The van der Waals surface area contributed by atoms with Crippen LogP contribution >= 0.6 is 15.9 Å². The quantitative estimate of drug-likeness (QED) is 0.662. The second kappa shape index (κ2) is 7.31. The van der Waals surface area contributed by atoms with Crippen molar-refractivity contribution in [1.82, 2.24) is 5.32 Å². The number of unbranched alkanes of at least 4 members (excludes halogenated alkanes) is 1. The Hall–Kier alpha value is -0.350. The molecule has 0 fully saturated rings. The predicted octanol–water partition coefficient (Wildman–Crippen LogP) is 1.74. The maximum absolute atomic E-state index is 10.1. The Morgan fingerprint density at radius 2 is 2.17 bits per heavy atom. The van der Waals surface area contributed by atoms with E-state index in [1.807, 2.05) is 0 Å². The Balaban J connectivity index is 3.01. The first-order valence-electron chi connectivity index (χ1n) is 3.88. The zero-order valence-electron chi connectivity index (χ0n) is 6.98. The summed E-state index contributed by atoms with van der Waals surface area (Å²) in [6, 6.07) is 0. The zero-order valence-corrected chi connectivity index (χ0v) is 8.56. The lowest BCUT2D eigenvalue weighted by atomic mass is 10.2. The van der Waals surface area contributed by atoms with Gasteiger partial charge >= 0.3 is 5.97 Å². The summed E-state index contributed by atoms with van der Waals surface area (Å²) in [6.07, 6.45) is 1.89. The van der Waals surface area contributed by atoms with Gasteiger partial charge in [0.1, 0.15) is 0 Å². The van der Waals surface area contributed by atoms with Crippen molar-refractivity contribution >= 4 is 21.9 Å². The molecule has 0 aliphatic heterocycles. The van der Waals surface area contributed by atoms with Gasteiger partial charge in [-0.2, -0.15) is 0 Å². The molecule has 0 radical (unpaired) electrons. The molecule has 0 spiro atoms. The van der Waals surface area contributed by atoms with Crippen molar-refractivity contribution in [1.29, 1.82) is 0 Å². The van der Waals surface area contributed by atoms with E-state index in [-0.39, 0.29) is 6.42 Å². The minimum Gasteiger partial charge on any atom is -0.481 e. The molecule has 0 saturated carbocycles. The molecular formula is C8H14BrNO2. The van der Waals surface area contributed by atoms with E-state index in [2.05, 4.69) is 27.8 Å². The summed E-state index contributed by atoms with van der Waals surface area (Å²) in [5.41, 5.74) is 0. The highest BCUT2D eigenvalue weighted by Crippen LogP contribution is 1.97. The summed E-state index contributed by atoms with van der Waals surface area (Å²) in [6.45, 7) is 5.25. The van der Waals surface area contributed by atoms with Crippen molar-refractivity contribution in [2.24, 2.45) is 0 Å². The molecule has 0 aliphatic carbocycles. The summed E-state index contributed by atoms with van der Waals surface area (Å²) >= 11 is 3.22. The number of nitrogens with one attached hydrogen (secondary N) is 1. The molecule has 0 saturated heterocycles. The minimum atomic E-state index is -0.722. The molecule has 0 rings (SSSR count). The van der Waals surface area contributed by atoms with Gasteiger partial charge in [-0.05, 0) is 19.4 Å². The van der Waals surface area contributed by atoms with E-state index in [1.54, 1.807) is 0 Å². The van der Waals surface area contributed by atoms with Crippen LogP contribution in [0, 0.1) is 0 Å². The van der Waals surface area contributed by atoms with Gasteiger partial charge < -0.3 is 10.4 Å². The number of hydrogen-bond donors (Lipinski definition) is 2. The third-order valence-corrected chi connectivity index (χ3v) is 1.59. The first kappa shape index (κ1) is 11.6. The molecule has 0 heterocycles. The Kier molecular flexibility index (Phi) is 7.09. The number of aliphatic carboxylic acids is 1. The SMILES string of the molecule is C=C(Br)CNCCCCC(=O)O. The molecule has 12 heavy (non-hydrogen) atoms. The monoisotopic (exact) mass is 235 g/mol. The molecule has 0 amide bonds. The molecule has 0 aliphatic rings. The van der Waals surface area contributed by atoms with Crippen LogP contribution in [0.25, 0.3) is 0 Å². The van der Waals surface area contributed by atoms with Crippen molar-refractivity contribution in [2.75, 3.05) is 13.1 Å². The van der Waals surface area contributed by atoms with Crippen LogP contribution in [0.1, 0.15) is 19.3 Å². The summed E-state index contributed by atoms with van der Waals surface area (Å²) < 4.78 is 0.917. The van der Waals surface area contributed by atoms with Crippen molar-refractivity contribution in [3.05, 3.63) is 11.1 Å². The minimum absolute atomic E-state index is 0.261. The van der Waals surface area contributed by atoms with Gasteiger partial charge in [0.2, 0.25) is 0 Å². The highest BCUT2D eigenvalue weighted by atomic mass is 79.9. The smallest absolute Gasteiger partial charge is 0.303 e. The second-order valence-corrected chi connectivity index (χ2v) is 3.67. The lowest BCUT2D eigenvalue weighted by Gasteiger charge is -2.01. The molecule has 0 aromatic heterocycles. The van der Waals surface area contributed by atoms with Gasteiger partial charge in [0.05, 0.1) is 0 Å². The molecule has 2 N–H and O–H groups in total. The largest absolute Gasteiger partial charge is 0.481 e. The van der Waals surface area contributed by atoms with Crippen LogP contribution in [0.3, 0.4) is 0 Å². The zero-order chi connectivity index (χ0) is 9.40. The van der Waals surface area contributed by atoms with E-state index in [1.165, 1.54) is 0 Å². The predicted molar refractivity (Wildman–Crippen MR) is 52.4 cm³/mol. The number of hydrogen-bond acceptors (Lipinski definition) is 2. The molecule has 0 bridgehead atoms. The van der Waals surface area contributed by atoms with Gasteiger partial charge in [0.15, 0.2) is 0 Å². The molecule has 4 heteroatoms. The van der Waals surface area contributed by atoms with Crippen LogP contribution in [0.15, 0.2) is 11.1 Å². The fourth-order valence-electron chi connectivity index (χ4n) is 0.750. The third-order valence-electron chi connectivity index (χ3n) is 1.31. The normalized spacial score (nSPS) is 9.75. The van der Waals surface area contributed by atoms with E-state index in [9.17, 15) is 4.79 Å². The van der Waals surface area contributed by atoms with Crippen molar-refractivity contribution in [2.45, 2.75) is 19.3 Å². The Morgan fingerprint density at radius 3 is 2.67 bits per heavy atom. The highest BCUT2D eigenvalue weighted by molar-refractivity contribution is 9.11. The molecule has 70 valence electrons. The molecular weight excluding hydrogens is 222 g/mol. The van der Waals surface area contributed by atoms with E-state index in [0.29, 0.717) is 0 Å². The number of carboxylic acids is 1. The van der Waals surface area contributed by atoms with Gasteiger partial charge in [-0.1, -0.05) is 22.5 Å². The highest BCUT2D eigenvalue weighted by Gasteiger charge is 1.95. The van der Waals surface area contributed by atoms with E-state index >= 15 is 0 Å². The molecule has 0 unspecified atom stereocenters. The number of carbonyl (C=O) groups is 1. The van der Waals surface area contributed by atoms with Gasteiger partial charge in [-0.3, -0.25) is 4.79 Å². The average molecular weight is 236 g/mol. The van der Waals surface area contributed by atoms with Crippen LogP contribution < -0.4 is 5.32 Å². The summed E-state index contributed by atoms with van der Waals surface area (Å²) in [4.78, 5) is 10.1. The van der Waals surface area contributed by atoms with Gasteiger partial charge in [0.25, 0.3) is 0 Å². The maximum Gasteiger partial charge on any atom is 0.303 e. The average Bonchev–Trinajstić information content (AvgIpc) is 1.95. The molecule has 3 nitrogen and oxygen atoms in total. The molecule has 0 atom stereocenters. The summed E-state index contributed by atoms with van der Waals surface area (Å²) in [5, 5.41) is 11.4. The van der Waals surface area contributed by atoms with E-state index < -0.39 is 5.97 Å². The van der Waals surface area contributed by atoms with E-state index in [0.717, 1.165) is 30.4 Å². The Labute approximate surface area is 81.0 Å². The fraction of sp³-hybridized carbons (Fsp3) is 0.625. The van der Waals surface area contributed by atoms with Crippen LogP contribution in [0.4, 0.5) is 0 Å². The Morgan fingerprint density at radius 1 is 1.50 bits per heavy atom. The lowest BCUT2D eigenvalue weighted by molar-refractivity contribution is -0.137. The van der Waals surface area contributed by atoms with E-state index in [4.69, 9.17) is 5.11 Å².